The smallest absolute Gasteiger partial charge is 0.346 e. The zero-order valence-electron chi connectivity index (χ0n) is 19.1. The number of carbonyl (C=O) groups is 1. The molecule has 2 aliphatic heterocycles. The molecule has 0 spiro atoms. The lowest BCUT2D eigenvalue weighted by Gasteiger charge is -2.37. The summed E-state index contributed by atoms with van der Waals surface area (Å²) in [5.74, 6) is -0.265. The fraction of sp³-hybridized carbons (Fsp3) is 0.286. The first kappa shape index (κ1) is 21.8. The first-order valence-corrected chi connectivity index (χ1v) is 12.5. The van der Waals surface area contributed by atoms with Crippen molar-refractivity contribution in [3.8, 4) is 0 Å². The van der Waals surface area contributed by atoms with Gasteiger partial charge in [0.2, 0.25) is 0 Å². The van der Waals surface area contributed by atoms with E-state index < -0.39 is 0 Å². The Labute approximate surface area is 199 Å². The SMILES string of the molecule is CCOC(=O)C1=C(C)N2C(=NC3=C(CCCC/C3=C\c3ccccc3)C2c2ccccc2)S1. The van der Waals surface area contributed by atoms with Crippen LogP contribution in [-0.2, 0) is 9.53 Å². The van der Waals surface area contributed by atoms with Crippen LogP contribution < -0.4 is 0 Å². The third-order valence-electron chi connectivity index (χ3n) is 6.35. The number of rotatable bonds is 4. The maximum Gasteiger partial charge on any atom is 0.346 e. The second-order valence-electron chi connectivity index (χ2n) is 8.48. The van der Waals surface area contributed by atoms with Gasteiger partial charge in [0, 0.05) is 5.70 Å². The Kier molecular flexibility index (Phi) is 6.23. The quantitative estimate of drug-likeness (QED) is 0.472. The highest BCUT2D eigenvalue weighted by Crippen LogP contribution is 2.50. The van der Waals surface area contributed by atoms with E-state index in [9.17, 15) is 4.79 Å². The average Bonchev–Trinajstić information content (AvgIpc) is 3.04. The maximum atomic E-state index is 12.7. The van der Waals surface area contributed by atoms with Crippen molar-refractivity contribution >= 4 is 29.0 Å². The van der Waals surface area contributed by atoms with Crippen LogP contribution in [0.2, 0.25) is 0 Å². The summed E-state index contributed by atoms with van der Waals surface area (Å²) in [7, 11) is 0. The zero-order valence-corrected chi connectivity index (χ0v) is 19.9. The van der Waals surface area contributed by atoms with Gasteiger partial charge in [-0.05, 0) is 79.6 Å². The fourth-order valence-corrected chi connectivity index (χ4v) is 5.89. The molecule has 0 amide bonds. The molecular weight excluding hydrogens is 428 g/mol. The highest BCUT2D eigenvalue weighted by Gasteiger charge is 2.42. The number of benzene rings is 2. The predicted molar refractivity (Wildman–Crippen MR) is 135 cm³/mol. The van der Waals surface area contributed by atoms with Crippen molar-refractivity contribution in [1.82, 2.24) is 4.90 Å². The monoisotopic (exact) mass is 456 g/mol. The summed E-state index contributed by atoms with van der Waals surface area (Å²) in [6.45, 7) is 4.22. The lowest BCUT2D eigenvalue weighted by atomic mass is 9.90. The number of carbonyl (C=O) groups excluding carboxylic acids is 1. The number of esters is 1. The van der Waals surface area contributed by atoms with Gasteiger partial charge in [-0.15, -0.1) is 0 Å². The Balaban J connectivity index is 1.66. The number of hydrogen-bond acceptors (Lipinski definition) is 5. The Morgan fingerprint density at radius 3 is 2.52 bits per heavy atom. The summed E-state index contributed by atoms with van der Waals surface area (Å²) in [6.07, 6.45) is 6.57. The molecule has 5 heteroatoms. The summed E-state index contributed by atoms with van der Waals surface area (Å²) in [5, 5.41) is 0.865. The van der Waals surface area contributed by atoms with Gasteiger partial charge in [0.15, 0.2) is 5.17 Å². The number of thioether (sulfide) groups is 1. The van der Waals surface area contributed by atoms with Crippen molar-refractivity contribution in [1.29, 1.82) is 0 Å². The van der Waals surface area contributed by atoms with Gasteiger partial charge < -0.3 is 9.64 Å². The van der Waals surface area contributed by atoms with Gasteiger partial charge >= 0.3 is 5.97 Å². The highest BCUT2D eigenvalue weighted by atomic mass is 32.2. The van der Waals surface area contributed by atoms with Gasteiger partial charge in [-0.3, -0.25) is 0 Å². The van der Waals surface area contributed by atoms with E-state index in [2.05, 4.69) is 65.6 Å². The van der Waals surface area contributed by atoms with Crippen molar-refractivity contribution in [2.45, 2.75) is 45.6 Å². The number of aliphatic imine (C=N–C) groups is 1. The average molecular weight is 457 g/mol. The second-order valence-corrected chi connectivity index (χ2v) is 9.45. The molecule has 2 aromatic carbocycles. The molecule has 1 atom stereocenters. The van der Waals surface area contributed by atoms with Crippen molar-refractivity contribution in [2.24, 2.45) is 4.99 Å². The van der Waals surface area contributed by atoms with Crippen LogP contribution in [0, 0.1) is 0 Å². The molecule has 0 fully saturated rings. The van der Waals surface area contributed by atoms with Crippen LogP contribution in [0.25, 0.3) is 6.08 Å². The van der Waals surface area contributed by atoms with E-state index >= 15 is 0 Å². The standard InChI is InChI=1S/C28H28N2O2S/c1-3-32-27(31)26-19(2)30-25(21-14-8-5-9-15-21)23-17-11-10-16-22(24(23)29-28(30)33-26)18-20-12-6-4-7-13-20/h4-9,12-15,18,25H,3,10-11,16-17H2,1-2H3/b22-18+. The topological polar surface area (TPSA) is 41.9 Å². The molecule has 0 saturated heterocycles. The Morgan fingerprint density at radius 2 is 1.79 bits per heavy atom. The van der Waals surface area contributed by atoms with Gasteiger partial charge in [0.1, 0.15) is 4.91 Å². The van der Waals surface area contributed by atoms with Crippen LogP contribution >= 0.6 is 11.8 Å². The maximum absolute atomic E-state index is 12.7. The number of ether oxygens (including phenoxy) is 1. The van der Waals surface area contributed by atoms with Gasteiger partial charge in [0.25, 0.3) is 0 Å². The van der Waals surface area contributed by atoms with Crippen molar-refractivity contribution in [3.05, 3.63) is 99.2 Å². The molecule has 2 aromatic rings. The zero-order chi connectivity index (χ0) is 22.8. The molecule has 0 N–H and O–H groups in total. The Morgan fingerprint density at radius 1 is 1.09 bits per heavy atom. The largest absolute Gasteiger partial charge is 0.462 e. The molecular formula is C28H28N2O2S. The number of allylic oxidation sites excluding steroid dienone is 2. The van der Waals surface area contributed by atoms with Crippen molar-refractivity contribution in [2.75, 3.05) is 6.61 Å². The molecule has 0 radical (unpaired) electrons. The van der Waals surface area contributed by atoms with Crippen LogP contribution in [-0.4, -0.2) is 22.6 Å². The highest BCUT2D eigenvalue weighted by molar-refractivity contribution is 8.18. The fourth-order valence-electron chi connectivity index (χ4n) is 4.85. The summed E-state index contributed by atoms with van der Waals surface area (Å²) in [6, 6.07) is 21.1. The van der Waals surface area contributed by atoms with Crippen LogP contribution in [0.4, 0.5) is 0 Å². The van der Waals surface area contributed by atoms with Gasteiger partial charge in [-0.1, -0.05) is 60.7 Å². The Bertz CT molecular complexity index is 1180. The van der Waals surface area contributed by atoms with Crippen molar-refractivity contribution < 1.29 is 9.53 Å². The summed E-state index contributed by atoms with van der Waals surface area (Å²) < 4.78 is 5.36. The molecule has 1 unspecified atom stereocenters. The van der Waals surface area contributed by atoms with E-state index in [4.69, 9.17) is 9.73 Å². The molecule has 4 nitrogen and oxygen atoms in total. The minimum Gasteiger partial charge on any atom is -0.462 e. The molecule has 168 valence electrons. The summed E-state index contributed by atoms with van der Waals surface area (Å²) in [4.78, 5) is 20.8. The molecule has 0 bridgehead atoms. The molecule has 0 saturated carbocycles. The van der Waals surface area contributed by atoms with Crippen LogP contribution in [0.5, 0.6) is 0 Å². The minimum atomic E-state index is -0.265. The third-order valence-corrected chi connectivity index (χ3v) is 7.49. The van der Waals surface area contributed by atoms with E-state index in [1.54, 1.807) is 0 Å². The van der Waals surface area contributed by atoms with Crippen LogP contribution in [0.3, 0.4) is 0 Å². The van der Waals surface area contributed by atoms with Gasteiger partial charge in [0.05, 0.1) is 18.3 Å². The Hall–Kier alpha value is -3.05. The van der Waals surface area contributed by atoms with Crippen LogP contribution in [0.1, 0.15) is 56.7 Å². The molecule has 2 heterocycles. The molecule has 3 aliphatic rings. The molecule has 1 aliphatic carbocycles. The minimum absolute atomic E-state index is 0.0328. The van der Waals surface area contributed by atoms with Crippen molar-refractivity contribution in [3.63, 3.8) is 0 Å². The normalized spacial score (nSPS) is 21.5. The van der Waals surface area contributed by atoms with E-state index in [-0.39, 0.29) is 12.0 Å². The first-order chi connectivity index (χ1) is 16.2. The third kappa shape index (κ3) is 4.18. The van der Waals surface area contributed by atoms with E-state index in [1.165, 1.54) is 34.0 Å². The predicted octanol–water partition coefficient (Wildman–Crippen LogP) is 6.85. The van der Waals surface area contributed by atoms with E-state index in [1.807, 2.05) is 19.9 Å². The number of hydrogen-bond donors (Lipinski definition) is 0. The number of fused-ring (bicyclic) bond motifs is 1. The molecule has 0 aromatic heterocycles. The number of amidine groups is 1. The lowest BCUT2D eigenvalue weighted by molar-refractivity contribution is -0.137. The lowest BCUT2D eigenvalue weighted by Crippen LogP contribution is -2.33. The molecule has 33 heavy (non-hydrogen) atoms. The van der Waals surface area contributed by atoms with E-state index in [0.29, 0.717) is 11.5 Å². The number of nitrogens with zero attached hydrogens (tertiary/aromatic N) is 2. The van der Waals surface area contributed by atoms with Crippen LogP contribution in [0.15, 0.2) is 93.1 Å². The first-order valence-electron chi connectivity index (χ1n) is 11.6. The molecule has 5 rings (SSSR count). The van der Waals surface area contributed by atoms with Gasteiger partial charge in [-0.25, -0.2) is 9.79 Å². The summed E-state index contributed by atoms with van der Waals surface area (Å²) in [5.41, 5.74) is 7.07. The van der Waals surface area contributed by atoms with Gasteiger partial charge in [-0.2, -0.15) is 0 Å². The van der Waals surface area contributed by atoms with E-state index in [0.717, 1.165) is 42.2 Å². The second kappa shape index (κ2) is 9.44. The summed E-state index contributed by atoms with van der Waals surface area (Å²) >= 11 is 1.44.